The summed E-state index contributed by atoms with van der Waals surface area (Å²) in [6, 6.07) is 15.4. The van der Waals surface area contributed by atoms with Crippen molar-refractivity contribution >= 4 is 17.5 Å². The fraction of sp³-hybridized carbons (Fsp3) is 0.400. The SMILES string of the molecule is COCCN(CC(=O)N1N=C(c2cccc(OC)c2)C[C@H]1c1ccc(C)cc1)C(=O)COC. The van der Waals surface area contributed by atoms with Gasteiger partial charge in [0.25, 0.3) is 5.91 Å². The second-order valence-corrected chi connectivity index (χ2v) is 7.89. The van der Waals surface area contributed by atoms with E-state index in [9.17, 15) is 9.59 Å². The number of carbonyl (C=O) groups excluding carboxylic acids is 2. The van der Waals surface area contributed by atoms with Crippen molar-refractivity contribution in [3.63, 3.8) is 0 Å². The molecule has 0 fully saturated rings. The maximum absolute atomic E-state index is 13.4. The number of benzene rings is 2. The van der Waals surface area contributed by atoms with E-state index in [4.69, 9.17) is 19.3 Å². The van der Waals surface area contributed by atoms with Crippen molar-refractivity contribution in [2.75, 3.05) is 47.6 Å². The van der Waals surface area contributed by atoms with E-state index < -0.39 is 0 Å². The molecule has 0 bridgehead atoms. The van der Waals surface area contributed by atoms with Crippen LogP contribution >= 0.6 is 0 Å². The van der Waals surface area contributed by atoms with Crippen molar-refractivity contribution in [1.29, 1.82) is 0 Å². The molecule has 0 spiro atoms. The monoisotopic (exact) mass is 453 g/mol. The molecular formula is C25H31N3O5. The number of hydrogen-bond acceptors (Lipinski definition) is 6. The van der Waals surface area contributed by atoms with Crippen molar-refractivity contribution in [3.8, 4) is 5.75 Å². The Hall–Kier alpha value is -3.23. The summed E-state index contributed by atoms with van der Waals surface area (Å²) in [5.41, 5.74) is 3.81. The number of hydrazone groups is 1. The fourth-order valence-corrected chi connectivity index (χ4v) is 3.71. The lowest BCUT2D eigenvalue weighted by Gasteiger charge is -2.27. The molecule has 8 nitrogen and oxygen atoms in total. The number of amides is 2. The minimum Gasteiger partial charge on any atom is -0.497 e. The molecule has 1 aliphatic rings. The number of carbonyl (C=O) groups is 2. The van der Waals surface area contributed by atoms with Crippen LogP contribution in [-0.4, -0.2) is 75.1 Å². The van der Waals surface area contributed by atoms with Gasteiger partial charge >= 0.3 is 0 Å². The highest BCUT2D eigenvalue weighted by molar-refractivity contribution is 6.03. The van der Waals surface area contributed by atoms with Gasteiger partial charge in [0.15, 0.2) is 0 Å². The van der Waals surface area contributed by atoms with Gasteiger partial charge in [-0.15, -0.1) is 0 Å². The number of ether oxygens (including phenoxy) is 3. The van der Waals surface area contributed by atoms with Gasteiger partial charge in [-0.2, -0.15) is 5.10 Å². The second kappa shape index (κ2) is 11.6. The number of aryl methyl sites for hydroxylation is 1. The summed E-state index contributed by atoms with van der Waals surface area (Å²) in [6.07, 6.45) is 0.562. The summed E-state index contributed by atoms with van der Waals surface area (Å²) in [7, 11) is 4.62. The Balaban J connectivity index is 1.90. The molecule has 8 heteroatoms. The number of nitrogens with zero attached hydrogens (tertiary/aromatic N) is 3. The first kappa shape index (κ1) is 24.4. The Morgan fingerprint density at radius 1 is 1.09 bits per heavy atom. The number of methoxy groups -OCH3 is 3. The van der Waals surface area contributed by atoms with Gasteiger partial charge in [0.1, 0.15) is 18.9 Å². The molecular weight excluding hydrogens is 422 g/mol. The van der Waals surface area contributed by atoms with Crippen LogP contribution in [0.15, 0.2) is 53.6 Å². The number of hydrogen-bond donors (Lipinski definition) is 0. The van der Waals surface area contributed by atoms with Crippen LogP contribution in [0.2, 0.25) is 0 Å². The van der Waals surface area contributed by atoms with Crippen LogP contribution in [0.1, 0.15) is 29.2 Å². The number of rotatable bonds is 10. The smallest absolute Gasteiger partial charge is 0.262 e. The Morgan fingerprint density at radius 2 is 1.85 bits per heavy atom. The predicted octanol–water partition coefficient (Wildman–Crippen LogP) is 2.80. The Morgan fingerprint density at radius 3 is 2.52 bits per heavy atom. The van der Waals surface area contributed by atoms with Gasteiger partial charge in [-0.05, 0) is 24.6 Å². The van der Waals surface area contributed by atoms with Crippen LogP contribution in [0.25, 0.3) is 0 Å². The molecule has 0 radical (unpaired) electrons. The van der Waals surface area contributed by atoms with E-state index in [0.717, 1.165) is 28.2 Å². The molecule has 0 aliphatic carbocycles. The van der Waals surface area contributed by atoms with Crippen LogP contribution < -0.4 is 4.74 Å². The van der Waals surface area contributed by atoms with E-state index >= 15 is 0 Å². The predicted molar refractivity (Wildman–Crippen MR) is 125 cm³/mol. The summed E-state index contributed by atoms with van der Waals surface area (Å²) in [5, 5.41) is 6.20. The summed E-state index contributed by atoms with van der Waals surface area (Å²) in [4.78, 5) is 27.3. The Bertz CT molecular complexity index is 990. The standard InChI is InChI=1S/C25H31N3O5/c1-18-8-10-19(11-9-18)23-15-22(20-6-5-7-21(14-20)33-4)26-28(23)24(29)16-27(12-13-31-2)25(30)17-32-3/h5-11,14,23H,12-13,15-17H2,1-4H3/t23-/m0/s1. The lowest BCUT2D eigenvalue weighted by Crippen LogP contribution is -2.44. The van der Waals surface area contributed by atoms with Gasteiger partial charge < -0.3 is 19.1 Å². The van der Waals surface area contributed by atoms with Gasteiger partial charge in [0.2, 0.25) is 5.91 Å². The molecule has 176 valence electrons. The summed E-state index contributed by atoms with van der Waals surface area (Å²) in [6.45, 7) is 2.43. The second-order valence-electron chi connectivity index (χ2n) is 7.89. The molecule has 0 aromatic heterocycles. The Kier molecular flexibility index (Phi) is 8.57. The van der Waals surface area contributed by atoms with E-state index in [-0.39, 0.29) is 31.0 Å². The molecule has 0 N–H and O–H groups in total. The molecule has 2 amide bonds. The summed E-state index contributed by atoms with van der Waals surface area (Å²) >= 11 is 0. The largest absolute Gasteiger partial charge is 0.497 e. The third kappa shape index (κ3) is 6.18. The molecule has 2 aromatic rings. The van der Waals surface area contributed by atoms with Crippen molar-refractivity contribution < 1.29 is 23.8 Å². The third-order valence-electron chi connectivity index (χ3n) is 5.54. The van der Waals surface area contributed by atoms with Crippen LogP contribution in [0, 0.1) is 6.92 Å². The molecule has 1 heterocycles. The van der Waals surface area contributed by atoms with E-state index in [1.54, 1.807) is 14.2 Å². The molecule has 1 aliphatic heterocycles. The van der Waals surface area contributed by atoms with Crippen molar-refractivity contribution in [2.45, 2.75) is 19.4 Å². The zero-order chi connectivity index (χ0) is 23.8. The first-order valence-electron chi connectivity index (χ1n) is 10.8. The third-order valence-corrected chi connectivity index (χ3v) is 5.54. The lowest BCUT2D eigenvalue weighted by atomic mass is 9.97. The minimum absolute atomic E-state index is 0.100. The summed E-state index contributed by atoms with van der Waals surface area (Å²) < 4.78 is 15.4. The first-order valence-corrected chi connectivity index (χ1v) is 10.8. The van der Waals surface area contributed by atoms with E-state index in [1.165, 1.54) is 17.0 Å². The molecule has 0 saturated heterocycles. The molecule has 0 unspecified atom stereocenters. The van der Waals surface area contributed by atoms with Gasteiger partial charge in [-0.3, -0.25) is 9.59 Å². The normalized spacial score (nSPS) is 15.3. The highest BCUT2D eigenvalue weighted by atomic mass is 16.5. The zero-order valence-electron chi connectivity index (χ0n) is 19.6. The van der Waals surface area contributed by atoms with Gasteiger partial charge in [0, 0.05) is 32.7 Å². The van der Waals surface area contributed by atoms with E-state index in [1.807, 2.05) is 55.5 Å². The zero-order valence-corrected chi connectivity index (χ0v) is 19.6. The van der Waals surface area contributed by atoms with Crippen molar-refractivity contribution in [3.05, 3.63) is 65.2 Å². The van der Waals surface area contributed by atoms with Gasteiger partial charge in [0.05, 0.1) is 25.5 Å². The quantitative estimate of drug-likeness (QED) is 0.553. The topological polar surface area (TPSA) is 80.7 Å². The summed E-state index contributed by atoms with van der Waals surface area (Å²) in [5.74, 6) is 0.188. The van der Waals surface area contributed by atoms with Crippen LogP contribution in [0.3, 0.4) is 0 Å². The van der Waals surface area contributed by atoms with E-state index in [0.29, 0.717) is 19.6 Å². The molecule has 0 saturated carbocycles. The first-order chi connectivity index (χ1) is 16.0. The maximum atomic E-state index is 13.4. The van der Waals surface area contributed by atoms with Crippen LogP contribution in [0.4, 0.5) is 0 Å². The highest BCUT2D eigenvalue weighted by Gasteiger charge is 2.34. The lowest BCUT2D eigenvalue weighted by molar-refractivity contribution is -0.144. The molecule has 3 rings (SSSR count). The van der Waals surface area contributed by atoms with Crippen molar-refractivity contribution in [2.24, 2.45) is 5.10 Å². The minimum atomic E-state index is -0.272. The van der Waals surface area contributed by atoms with Gasteiger partial charge in [-0.25, -0.2) is 5.01 Å². The fourth-order valence-electron chi connectivity index (χ4n) is 3.71. The average Bonchev–Trinajstić information content (AvgIpc) is 3.28. The maximum Gasteiger partial charge on any atom is 0.262 e. The molecule has 1 atom stereocenters. The van der Waals surface area contributed by atoms with Crippen LogP contribution in [0.5, 0.6) is 5.75 Å². The van der Waals surface area contributed by atoms with Crippen LogP contribution in [-0.2, 0) is 19.1 Å². The average molecular weight is 454 g/mol. The van der Waals surface area contributed by atoms with E-state index in [2.05, 4.69) is 0 Å². The molecule has 33 heavy (non-hydrogen) atoms. The molecule has 2 aromatic carbocycles. The Labute approximate surface area is 194 Å². The van der Waals surface area contributed by atoms with Gasteiger partial charge in [-0.1, -0.05) is 42.0 Å². The highest BCUT2D eigenvalue weighted by Crippen LogP contribution is 2.33. The van der Waals surface area contributed by atoms with Crippen molar-refractivity contribution in [1.82, 2.24) is 9.91 Å².